The van der Waals surface area contributed by atoms with Gasteiger partial charge >= 0.3 is 0 Å². The third-order valence-electron chi connectivity index (χ3n) is 2.46. The van der Waals surface area contributed by atoms with Crippen LogP contribution in [0, 0.1) is 6.92 Å². The molecule has 0 amide bonds. The molecule has 96 valence electrons. The molecule has 0 bridgehead atoms. The van der Waals surface area contributed by atoms with Crippen LogP contribution in [0.1, 0.15) is 24.6 Å². The van der Waals surface area contributed by atoms with Crippen LogP contribution in [-0.4, -0.2) is 28.9 Å². The summed E-state index contributed by atoms with van der Waals surface area (Å²) in [6.45, 7) is 3.73. The van der Waals surface area contributed by atoms with E-state index in [1.807, 2.05) is 6.92 Å². The first kappa shape index (κ1) is 14.1. The molecule has 0 radical (unpaired) electrons. The van der Waals surface area contributed by atoms with Crippen molar-refractivity contribution in [3.8, 4) is 0 Å². The lowest BCUT2D eigenvalue weighted by Crippen LogP contribution is -2.41. The van der Waals surface area contributed by atoms with Gasteiger partial charge in [0.2, 0.25) is 10.0 Å². The van der Waals surface area contributed by atoms with Crippen LogP contribution in [0.5, 0.6) is 0 Å². The fraction of sp³-hybridized carbons (Fsp3) is 0.556. The summed E-state index contributed by atoms with van der Waals surface area (Å²) < 4.78 is 26.3. The molecule has 0 fully saturated rings. The van der Waals surface area contributed by atoms with Gasteiger partial charge in [-0.05, 0) is 13.3 Å². The van der Waals surface area contributed by atoms with Crippen molar-refractivity contribution < 1.29 is 8.42 Å². The maximum Gasteiger partial charge on any atom is 0.221 e. The van der Waals surface area contributed by atoms with E-state index in [1.54, 1.807) is 13.1 Å². The van der Waals surface area contributed by atoms with Gasteiger partial charge in [-0.25, -0.2) is 13.1 Å². The number of aromatic nitrogens is 2. The van der Waals surface area contributed by atoms with Crippen molar-refractivity contribution in [3.63, 3.8) is 0 Å². The van der Waals surface area contributed by atoms with Crippen molar-refractivity contribution in [2.24, 2.45) is 5.73 Å². The summed E-state index contributed by atoms with van der Waals surface area (Å²) in [5.41, 5.74) is 7.03. The second kappa shape index (κ2) is 5.56. The van der Waals surface area contributed by atoms with E-state index >= 15 is 0 Å². The average Bonchev–Trinajstić information content (AvgIpc) is 2.61. The normalized spacial score (nSPS) is 13.5. The zero-order valence-corrected chi connectivity index (χ0v) is 11.4. The van der Waals surface area contributed by atoms with E-state index in [0.717, 1.165) is 11.3 Å². The van der Waals surface area contributed by atoms with E-state index in [9.17, 15) is 8.42 Å². The first-order valence-electron chi connectivity index (χ1n) is 5.15. The molecule has 0 aromatic carbocycles. The Hall–Kier alpha value is -0.990. The first-order chi connectivity index (χ1) is 7.88. The smallest absolute Gasteiger partial charge is 0.221 e. The van der Waals surface area contributed by atoms with E-state index in [0.29, 0.717) is 6.42 Å². The molecule has 1 heterocycles. The molecule has 0 saturated heterocycles. The fourth-order valence-electron chi connectivity index (χ4n) is 1.41. The van der Waals surface area contributed by atoms with Gasteiger partial charge in [-0.3, -0.25) is 5.10 Å². The van der Waals surface area contributed by atoms with E-state index in [2.05, 4.69) is 14.9 Å². The van der Waals surface area contributed by atoms with Crippen LogP contribution in [0.4, 0.5) is 0 Å². The Labute approximate surface area is 106 Å². The second-order valence-electron chi connectivity index (χ2n) is 3.69. The van der Waals surface area contributed by atoms with E-state index < -0.39 is 15.3 Å². The van der Waals surface area contributed by atoms with Crippen LogP contribution < -0.4 is 10.5 Å². The second-order valence-corrected chi connectivity index (χ2v) is 6.10. The monoisotopic (exact) mass is 276 g/mol. The number of rotatable bonds is 6. The van der Waals surface area contributed by atoms with E-state index in [4.69, 9.17) is 18.0 Å². The Morgan fingerprint density at radius 1 is 1.71 bits per heavy atom. The van der Waals surface area contributed by atoms with Crippen molar-refractivity contribution >= 4 is 27.2 Å². The Balaban J connectivity index is 2.74. The first-order valence-corrected chi connectivity index (χ1v) is 7.10. The van der Waals surface area contributed by atoms with E-state index in [-0.39, 0.29) is 11.5 Å². The highest BCUT2D eigenvalue weighted by Crippen LogP contribution is 2.08. The number of nitrogens with zero attached hydrogens (tertiary/aromatic N) is 1. The fourth-order valence-corrected chi connectivity index (χ4v) is 3.26. The molecule has 0 aliphatic rings. The molecule has 1 aromatic rings. The number of hydrogen-bond donors (Lipinski definition) is 3. The summed E-state index contributed by atoms with van der Waals surface area (Å²) in [6, 6.07) is 0. The van der Waals surface area contributed by atoms with Crippen LogP contribution in [0.25, 0.3) is 0 Å². The molecule has 0 aliphatic heterocycles. The van der Waals surface area contributed by atoms with Gasteiger partial charge in [0.25, 0.3) is 0 Å². The SMILES string of the molecule is CCC(C(N)=S)S(=O)(=O)NCc1cn[nH]c1C. The molecule has 6 nitrogen and oxygen atoms in total. The highest BCUT2D eigenvalue weighted by molar-refractivity contribution is 7.93. The molecular weight excluding hydrogens is 260 g/mol. The number of sulfonamides is 1. The van der Waals surface area contributed by atoms with Crippen LogP contribution in [0.15, 0.2) is 6.20 Å². The van der Waals surface area contributed by atoms with Gasteiger partial charge in [-0.2, -0.15) is 5.10 Å². The van der Waals surface area contributed by atoms with Crippen LogP contribution in [-0.2, 0) is 16.6 Å². The number of H-pyrrole nitrogens is 1. The molecule has 1 aromatic heterocycles. The maximum absolute atomic E-state index is 11.9. The van der Waals surface area contributed by atoms with Crippen molar-refractivity contribution in [3.05, 3.63) is 17.5 Å². The topological polar surface area (TPSA) is 101 Å². The van der Waals surface area contributed by atoms with Gasteiger partial charge in [-0.1, -0.05) is 19.1 Å². The Bertz CT molecular complexity index is 495. The third-order valence-corrected chi connectivity index (χ3v) is 4.78. The van der Waals surface area contributed by atoms with E-state index in [1.165, 1.54) is 0 Å². The summed E-state index contributed by atoms with van der Waals surface area (Å²) in [4.78, 5) is -0.0103. The summed E-state index contributed by atoms with van der Waals surface area (Å²) >= 11 is 4.74. The number of nitrogens with one attached hydrogen (secondary N) is 2. The minimum absolute atomic E-state index is 0.0103. The summed E-state index contributed by atoms with van der Waals surface area (Å²) in [5, 5.41) is 5.72. The highest BCUT2D eigenvalue weighted by atomic mass is 32.2. The van der Waals surface area contributed by atoms with Gasteiger partial charge in [0.15, 0.2) is 0 Å². The molecule has 0 aliphatic carbocycles. The zero-order valence-electron chi connectivity index (χ0n) is 9.73. The number of aromatic amines is 1. The summed E-state index contributed by atoms with van der Waals surface area (Å²) in [5.74, 6) is 0. The Morgan fingerprint density at radius 3 is 2.76 bits per heavy atom. The lowest BCUT2D eigenvalue weighted by atomic mass is 10.3. The van der Waals surface area contributed by atoms with Gasteiger partial charge in [0.1, 0.15) is 5.25 Å². The molecular formula is C9H16N4O2S2. The lowest BCUT2D eigenvalue weighted by Gasteiger charge is -2.14. The summed E-state index contributed by atoms with van der Waals surface area (Å²) in [7, 11) is -3.52. The summed E-state index contributed by atoms with van der Waals surface area (Å²) in [6.07, 6.45) is 1.94. The quantitative estimate of drug-likeness (QED) is 0.644. The van der Waals surface area contributed by atoms with Gasteiger partial charge in [0, 0.05) is 17.8 Å². The maximum atomic E-state index is 11.9. The molecule has 17 heavy (non-hydrogen) atoms. The van der Waals surface area contributed by atoms with Crippen molar-refractivity contribution in [1.82, 2.24) is 14.9 Å². The minimum Gasteiger partial charge on any atom is -0.392 e. The molecule has 8 heteroatoms. The predicted octanol–water partition coefficient (Wildman–Crippen LogP) is 0.202. The highest BCUT2D eigenvalue weighted by Gasteiger charge is 2.26. The number of thiocarbonyl (C=S) groups is 1. The lowest BCUT2D eigenvalue weighted by molar-refractivity contribution is 0.574. The van der Waals surface area contributed by atoms with Crippen LogP contribution in [0.3, 0.4) is 0 Å². The number of nitrogens with two attached hydrogens (primary N) is 1. The Kier molecular flexibility index (Phi) is 4.61. The Morgan fingerprint density at radius 2 is 2.35 bits per heavy atom. The zero-order chi connectivity index (χ0) is 13.1. The average molecular weight is 276 g/mol. The molecule has 0 spiro atoms. The molecule has 1 unspecified atom stereocenters. The van der Waals surface area contributed by atoms with Crippen LogP contribution >= 0.6 is 12.2 Å². The molecule has 0 saturated carbocycles. The number of hydrogen-bond acceptors (Lipinski definition) is 4. The largest absolute Gasteiger partial charge is 0.392 e. The molecule has 1 atom stereocenters. The van der Waals surface area contributed by atoms with Crippen LogP contribution in [0.2, 0.25) is 0 Å². The number of aryl methyl sites for hydroxylation is 1. The van der Waals surface area contributed by atoms with Gasteiger partial charge in [-0.15, -0.1) is 0 Å². The standard InChI is InChI=1S/C9H16N4O2S2/c1-3-8(9(10)16)17(14,15)12-5-7-4-11-13-6(7)2/h4,8,12H,3,5H2,1-2H3,(H2,10,16)(H,11,13). The van der Waals surface area contributed by atoms with Crippen molar-refractivity contribution in [1.29, 1.82) is 0 Å². The minimum atomic E-state index is -3.52. The van der Waals surface area contributed by atoms with Gasteiger partial charge < -0.3 is 5.73 Å². The third kappa shape index (κ3) is 3.48. The molecule has 4 N–H and O–H groups in total. The predicted molar refractivity (Wildman–Crippen MR) is 69.9 cm³/mol. The van der Waals surface area contributed by atoms with Crippen molar-refractivity contribution in [2.45, 2.75) is 32.1 Å². The van der Waals surface area contributed by atoms with Gasteiger partial charge in [0.05, 0.1) is 11.2 Å². The van der Waals surface area contributed by atoms with Crippen molar-refractivity contribution in [2.75, 3.05) is 0 Å². The molecule has 1 rings (SSSR count).